The van der Waals surface area contributed by atoms with Gasteiger partial charge >= 0.3 is 5.97 Å². The van der Waals surface area contributed by atoms with Gasteiger partial charge in [-0.3, -0.25) is 9.69 Å². The lowest BCUT2D eigenvalue weighted by Gasteiger charge is -2.36. The first kappa shape index (κ1) is 19.0. The van der Waals surface area contributed by atoms with E-state index in [9.17, 15) is 4.79 Å². The smallest absolute Gasteiger partial charge is 0.317 e. The van der Waals surface area contributed by atoms with Gasteiger partial charge in [-0.2, -0.15) is 0 Å². The molecule has 4 rings (SSSR count). The summed E-state index contributed by atoms with van der Waals surface area (Å²) in [6.45, 7) is 7.56. The van der Waals surface area contributed by atoms with Gasteiger partial charge in [0.15, 0.2) is 0 Å². The Morgan fingerprint density at radius 3 is 2.57 bits per heavy atom. The van der Waals surface area contributed by atoms with E-state index in [0.29, 0.717) is 5.92 Å². The second kappa shape index (κ2) is 7.97. The fourth-order valence-electron chi connectivity index (χ4n) is 3.65. The average molecular weight is 396 g/mol. The molecule has 0 aromatic heterocycles. The molecule has 1 saturated heterocycles. The minimum atomic E-state index is -0.766. The second-order valence-electron chi connectivity index (χ2n) is 7.57. The molecule has 1 fully saturated rings. The van der Waals surface area contributed by atoms with Gasteiger partial charge in [-0.05, 0) is 35.7 Å². The van der Waals surface area contributed by atoms with Crippen molar-refractivity contribution in [1.82, 2.24) is 9.80 Å². The van der Waals surface area contributed by atoms with Gasteiger partial charge in [0, 0.05) is 41.5 Å². The molecule has 2 heterocycles. The van der Waals surface area contributed by atoms with Crippen molar-refractivity contribution < 1.29 is 9.90 Å². The van der Waals surface area contributed by atoms with E-state index in [2.05, 4.69) is 55.1 Å². The Morgan fingerprint density at radius 1 is 1.11 bits per heavy atom. The van der Waals surface area contributed by atoms with Crippen LogP contribution in [0.25, 0.3) is 0 Å². The maximum absolute atomic E-state index is 11.0. The third kappa shape index (κ3) is 3.93. The summed E-state index contributed by atoms with van der Waals surface area (Å²) in [5.74, 6) is 0.692. The molecule has 146 valence electrons. The number of fused-ring (bicyclic) bond motifs is 2. The zero-order valence-corrected chi connectivity index (χ0v) is 17.1. The zero-order valence-electron chi connectivity index (χ0n) is 16.3. The van der Waals surface area contributed by atoms with Crippen LogP contribution in [0, 0.1) is 0 Å². The molecule has 6 heteroatoms. The van der Waals surface area contributed by atoms with Crippen LogP contribution in [0.5, 0.6) is 0 Å². The minimum Gasteiger partial charge on any atom is -0.480 e. The summed E-state index contributed by atoms with van der Waals surface area (Å²) in [6, 6.07) is 15.0. The first-order valence-corrected chi connectivity index (χ1v) is 10.5. The van der Waals surface area contributed by atoms with Crippen LogP contribution in [-0.4, -0.2) is 59.4 Å². The first-order valence-electron chi connectivity index (χ1n) is 9.70. The van der Waals surface area contributed by atoms with E-state index in [1.807, 2.05) is 11.0 Å². The van der Waals surface area contributed by atoms with Crippen molar-refractivity contribution in [3.05, 3.63) is 53.6 Å². The maximum atomic E-state index is 11.0. The van der Waals surface area contributed by atoms with E-state index < -0.39 is 5.97 Å². The first-order chi connectivity index (χ1) is 13.5. The van der Waals surface area contributed by atoms with Gasteiger partial charge in [0.05, 0.1) is 12.2 Å². The van der Waals surface area contributed by atoms with Crippen molar-refractivity contribution in [3.8, 4) is 0 Å². The molecular formula is C22H25N3O2S. The van der Waals surface area contributed by atoms with Gasteiger partial charge in [0.25, 0.3) is 0 Å². The van der Waals surface area contributed by atoms with E-state index in [4.69, 9.17) is 10.1 Å². The number of benzene rings is 2. The third-order valence-electron chi connectivity index (χ3n) is 5.25. The number of carbonyl (C=O) groups is 1. The van der Waals surface area contributed by atoms with E-state index in [0.717, 1.165) is 37.7 Å². The molecule has 5 nitrogen and oxygen atoms in total. The van der Waals surface area contributed by atoms with Gasteiger partial charge < -0.3 is 10.0 Å². The van der Waals surface area contributed by atoms with E-state index in [1.165, 1.54) is 20.9 Å². The lowest BCUT2D eigenvalue weighted by atomic mass is 10.00. The van der Waals surface area contributed by atoms with Crippen LogP contribution in [0.3, 0.4) is 0 Å². The van der Waals surface area contributed by atoms with Gasteiger partial charge in [-0.1, -0.05) is 43.8 Å². The summed E-state index contributed by atoms with van der Waals surface area (Å²) in [5, 5.41) is 9.06. The minimum absolute atomic E-state index is 0.104. The predicted molar refractivity (Wildman–Crippen MR) is 113 cm³/mol. The molecule has 28 heavy (non-hydrogen) atoms. The fourth-order valence-corrected chi connectivity index (χ4v) is 4.65. The van der Waals surface area contributed by atoms with Crippen LogP contribution in [-0.2, 0) is 4.79 Å². The Labute approximate surface area is 170 Å². The second-order valence-corrected chi connectivity index (χ2v) is 8.66. The largest absolute Gasteiger partial charge is 0.480 e. The van der Waals surface area contributed by atoms with E-state index in [-0.39, 0.29) is 6.54 Å². The van der Waals surface area contributed by atoms with Gasteiger partial charge in [-0.25, -0.2) is 4.99 Å². The van der Waals surface area contributed by atoms with Crippen LogP contribution in [0.1, 0.15) is 30.9 Å². The Morgan fingerprint density at radius 2 is 1.86 bits per heavy atom. The molecule has 0 radical (unpaired) electrons. The molecule has 0 spiro atoms. The lowest BCUT2D eigenvalue weighted by molar-refractivity contribution is -0.138. The quantitative estimate of drug-likeness (QED) is 0.850. The van der Waals surface area contributed by atoms with Gasteiger partial charge in [-0.15, -0.1) is 0 Å². The average Bonchev–Trinajstić information content (AvgIpc) is 2.84. The number of hydrogen-bond donors (Lipinski definition) is 1. The zero-order chi connectivity index (χ0) is 19.7. The van der Waals surface area contributed by atoms with Crippen LogP contribution in [0.4, 0.5) is 5.69 Å². The molecule has 0 aliphatic carbocycles. The number of aliphatic imine (C=N–C) groups is 1. The molecule has 2 aliphatic heterocycles. The number of para-hydroxylation sites is 1. The van der Waals surface area contributed by atoms with Crippen molar-refractivity contribution >= 4 is 29.3 Å². The molecule has 2 aromatic rings. The number of hydrogen-bond acceptors (Lipinski definition) is 5. The molecular weight excluding hydrogens is 370 g/mol. The Bertz CT molecular complexity index is 918. The number of nitrogens with zero attached hydrogens (tertiary/aromatic N) is 3. The SMILES string of the molecule is CC(C)c1ccc2c(c1)C(N1CCN(CC(=O)O)CC1)=Nc1ccccc1S2. The van der Waals surface area contributed by atoms with Crippen LogP contribution in [0.2, 0.25) is 0 Å². The Balaban J connectivity index is 1.71. The molecule has 0 amide bonds. The summed E-state index contributed by atoms with van der Waals surface area (Å²) in [4.78, 5) is 22.8. The molecule has 0 atom stereocenters. The molecule has 2 aromatic carbocycles. The highest BCUT2D eigenvalue weighted by molar-refractivity contribution is 7.99. The highest BCUT2D eigenvalue weighted by Gasteiger charge is 2.26. The Hall–Kier alpha value is -2.31. The molecule has 1 N–H and O–H groups in total. The predicted octanol–water partition coefficient (Wildman–Crippen LogP) is 4.06. The topological polar surface area (TPSA) is 56.1 Å². The summed E-state index contributed by atoms with van der Waals surface area (Å²) < 4.78 is 0. The van der Waals surface area contributed by atoms with Crippen molar-refractivity contribution in [3.63, 3.8) is 0 Å². The third-order valence-corrected chi connectivity index (χ3v) is 6.39. The number of aliphatic carboxylic acids is 1. The summed E-state index contributed by atoms with van der Waals surface area (Å²) in [6.07, 6.45) is 0. The normalized spacial score (nSPS) is 17.0. The number of piperazine rings is 1. The van der Waals surface area contributed by atoms with Crippen molar-refractivity contribution in [1.29, 1.82) is 0 Å². The molecule has 2 aliphatic rings. The maximum Gasteiger partial charge on any atom is 0.317 e. The highest BCUT2D eigenvalue weighted by atomic mass is 32.2. The number of carboxylic acid groups (broad SMARTS) is 1. The van der Waals surface area contributed by atoms with Crippen LogP contribution < -0.4 is 0 Å². The number of rotatable bonds is 3. The highest BCUT2D eigenvalue weighted by Crippen LogP contribution is 2.41. The van der Waals surface area contributed by atoms with Crippen molar-refractivity contribution in [2.45, 2.75) is 29.6 Å². The molecule has 0 unspecified atom stereocenters. The summed E-state index contributed by atoms with van der Waals surface area (Å²) in [7, 11) is 0. The molecule has 0 saturated carbocycles. The standard InChI is InChI=1S/C22H25N3O2S/c1-15(2)16-7-8-19-17(13-16)22(23-18-5-3-4-6-20(18)28-19)25-11-9-24(10-12-25)14-21(26)27/h3-8,13,15H,9-12,14H2,1-2H3,(H,26,27). The number of carboxylic acids is 1. The monoisotopic (exact) mass is 395 g/mol. The summed E-state index contributed by atoms with van der Waals surface area (Å²) in [5.41, 5.74) is 3.49. The van der Waals surface area contributed by atoms with Crippen LogP contribution in [0.15, 0.2) is 57.2 Å². The summed E-state index contributed by atoms with van der Waals surface area (Å²) >= 11 is 1.77. The van der Waals surface area contributed by atoms with E-state index in [1.54, 1.807) is 11.8 Å². The van der Waals surface area contributed by atoms with Crippen molar-refractivity contribution in [2.24, 2.45) is 4.99 Å². The van der Waals surface area contributed by atoms with Gasteiger partial charge in [0.2, 0.25) is 0 Å². The fraction of sp³-hybridized carbons (Fsp3) is 0.364. The van der Waals surface area contributed by atoms with Crippen molar-refractivity contribution in [2.75, 3.05) is 32.7 Å². The molecule has 0 bridgehead atoms. The van der Waals surface area contributed by atoms with E-state index >= 15 is 0 Å². The van der Waals surface area contributed by atoms with Crippen LogP contribution >= 0.6 is 11.8 Å². The van der Waals surface area contributed by atoms with Gasteiger partial charge in [0.1, 0.15) is 5.84 Å². The lowest BCUT2D eigenvalue weighted by Crippen LogP contribution is -2.50. The number of amidine groups is 1. The Kier molecular flexibility index (Phi) is 5.42.